The lowest BCUT2D eigenvalue weighted by Gasteiger charge is -2.23. The van der Waals surface area contributed by atoms with Crippen molar-refractivity contribution in [1.82, 2.24) is 0 Å². The molecule has 1 aromatic carbocycles. The van der Waals surface area contributed by atoms with Gasteiger partial charge in [-0.3, -0.25) is 0 Å². The number of hydrogen-bond acceptors (Lipinski definition) is 3. The van der Waals surface area contributed by atoms with Crippen LogP contribution in [0, 0.1) is 0 Å². The van der Waals surface area contributed by atoms with E-state index in [4.69, 9.17) is 28.9 Å². The van der Waals surface area contributed by atoms with Gasteiger partial charge in [0, 0.05) is 15.6 Å². The van der Waals surface area contributed by atoms with Gasteiger partial charge in [0.2, 0.25) is 0 Å². The predicted octanol–water partition coefficient (Wildman–Crippen LogP) is 2.34. The molecule has 0 aliphatic carbocycles. The monoisotopic (exact) mass is 247 g/mol. The minimum Gasteiger partial charge on any atom is -0.467 e. The van der Waals surface area contributed by atoms with E-state index in [1.165, 1.54) is 14.0 Å². The van der Waals surface area contributed by atoms with E-state index in [-0.39, 0.29) is 0 Å². The molecule has 1 aromatic rings. The van der Waals surface area contributed by atoms with Crippen molar-refractivity contribution in [3.8, 4) is 0 Å². The Balaban J connectivity index is 3.25. The number of rotatable bonds is 2. The minimum absolute atomic E-state index is 0.384. The Hall–Kier alpha value is -0.770. The Labute approximate surface area is 98.1 Å². The highest BCUT2D eigenvalue weighted by molar-refractivity contribution is 6.33. The van der Waals surface area contributed by atoms with E-state index in [1.54, 1.807) is 18.2 Å². The molecule has 1 atom stereocenters. The predicted molar refractivity (Wildman–Crippen MR) is 60.0 cm³/mol. The lowest BCUT2D eigenvalue weighted by Crippen LogP contribution is -2.42. The first kappa shape index (κ1) is 12.3. The van der Waals surface area contributed by atoms with Crippen LogP contribution in [0.5, 0.6) is 0 Å². The Bertz CT molecular complexity index is 391. The van der Waals surface area contributed by atoms with Crippen LogP contribution in [0.2, 0.25) is 10.0 Å². The average molecular weight is 248 g/mol. The first-order valence-corrected chi connectivity index (χ1v) is 4.98. The molecule has 15 heavy (non-hydrogen) atoms. The number of esters is 1. The van der Waals surface area contributed by atoms with Crippen LogP contribution >= 0.6 is 23.2 Å². The van der Waals surface area contributed by atoms with Gasteiger partial charge in [0.05, 0.1) is 7.11 Å². The number of carbonyl (C=O) groups excluding carboxylic acids is 1. The van der Waals surface area contributed by atoms with Gasteiger partial charge in [-0.05, 0) is 25.1 Å². The summed E-state index contributed by atoms with van der Waals surface area (Å²) in [5, 5.41) is 0.852. The number of nitrogens with two attached hydrogens (primary N) is 1. The van der Waals surface area contributed by atoms with Crippen LogP contribution in [0.25, 0.3) is 0 Å². The second-order valence-corrected chi connectivity index (χ2v) is 4.16. The normalized spacial score (nSPS) is 14.5. The van der Waals surface area contributed by atoms with Gasteiger partial charge in [-0.1, -0.05) is 23.2 Å². The van der Waals surface area contributed by atoms with Gasteiger partial charge in [0.15, 0.2) is 0 Å². The number of ether oxygens (including phenoxy) is 1. The SMILES string of the molecule is COC(=O)C(C)(N)c1cc(Cl)ccc1Cl. The molecular weight excluding hydrogens is 237 g/mol. The molecule has 0 fully saturated rings. The summed E-state index contributed by atoms with van der Waals surface area (Å²) in [6, 6.07) is 4.77. The third kappa shape index (κ3) is 2.43. The van der Waals surface area contributed by atoms with E-state index in [2.05, 4.69) is 4.74 Å². The van der Waals surface area contributed by atoms with Crippen LogP contribution in [0.15, 0.2) is 18.2 Å². The lowest BCUT2D eigenvalue weighted by molar-refractivity contribution is -0.146. The molecule has 0 spiro atoms. The van der Waals surface area contributed by atoms with Gasteiger partial charge >= 0.3 is 5.97 Å². The smallest absolute Gasteiger partial charge is 0.330 e. The van der Waals surface area contributed by atoms with Crippen molar-refractivity contribution in [2.75, 3.05) is 7.11 Å². The molecule has 0 aliphatic heterocycles. The summed E-state index contributed by atoms with van der Waals surface area (Å²) in [5.74, 6) is -0.563. The first-order chi connectivity index (χ1) is 6.89. The van der Waals surface area contributed by atoms with E-state index in [9.17, 15) is 4.79 Å². The van der Waals surface area contributed by atoms with Crippen molar-refractivity contribution in [3.63, 3.8) is 0 Å². The maximum Gasteiger partial charge on any atom is 0.330 e. The molecule has 5 heteroatoms. The number of carbonyl (C=O) groups is 1. The third-order valence-electron chi connectivity index (χ3n) is 2.10. The molecule has 0 saturated heterocycles. The van der Waals surface area contributed by atoms with Crippen LogP contribution < -0.4 is 5.73 Å². The van der Waals surface area contributed by atoms with Gasteiger partial charge in [-0.15, -0.1) is 0 Å². The fraction of sp³-hybridized carbons (Fsp3) is 0.300. The lowest BCUT2D eigenvalue weighted by atomic mass is 9.93. The Morgan fingerprint density at radius 2 is 2.07 bits per heavy atom. The zero-order valence-electron chi connectivity index (χ0n) is 8.38. The standard InChI is InChI=1S/C10H11Cl2NO2/c1-10(13,9(14)15-2)7-5-6(11)3-4-8(7)12/h3-5H,13H2,1-2H3. The van der Waals surface area contributed by atoms with Gasteiger partial charge in [-0.25, -0.2) is 4.79 Å². The Morgan fingerprint density at radius 1 is 1.47 bits per heavy atom. The van der Waals surface area contributed by atoms with Crippen molar-refractivity contribution >= 4 is 29.2 Å². The molecule has 0 aliphatic rings. The molecule has 0 radical (unpaired) electrons. The molecular formula is C10H11Cl2NO2. The molecule has 0 aromatic heterocycles. The maximum absolute atomic E-state index is 11.4. The van der Waals surface area contributed by atoms with Crippen molar-refractivity contribution in [3.05, 3.63) is 33.8 Å². The summed E-state index contributed by atoms with van der Waals surface area (Å²) < 4.78 is 4.60. The second-order valence-electron chi connectivity index (χ2n) is 3.32. The molecule has 0 bridgehead atoms. The Morgan fingerprint density at radius 3 is 2.60 bits per heavy atom. The summed E-state index contributed by atoms with van der Waals surface area (Å²) in [6.45, 7) is 1.52. The molecule has 1 rings (SSSR count). The average Bonchev–Trinajstić information content (AvgIpc) is 2.20. The fourth-order valence-electron chi connectivity index (χ4n) is 1.22. The topological polar surface area (TPSA) is 52.3 Å². The Kier molecular flexibility index (Phi) is 3.60. The van der Waals surface area contributed by atoms with E-state index in [0.29, 0.717) is 15.6 Å². The van der Waals surface area contributed by atoms with Crippen LogP contribution in [0.1, 0.15) is 12.5 Å². The highest BCUT2D eigenvalue weighted by Crippen LogP contribution is 2.29. The van der Waals surface area contributed by atoms with Crippen molar-refractivity contribution < 1.29 is 9.53 Å². The van der Waals surface area contributed by atoms with Crippen molar-refractivity contribution in [2.24, 2.45) is 5.73 Å². The number of methoxy groups -OCH3 is 1. The maximum atomic E-state index is 11.4. The van der Waals surface area contributed by atoms with E-state index in [0.717, 1.165) is 0 Å². The number of halogens is 2. The van der Waals surface area contributed by atoms with Crippen molar-refractivity contribution in [1.29, 1.82) is 0 Å². The molecule has 0 heterocycles. The zero-order valence-corrected chi connectivity index (χ0v) is 9.89. The summed E-state index contributed by atoms with van der Waals surface area (Å²) in [6.07, 6.45) is 0. The van der Waals surface area contributed by atoms with E-state index >= 15 is 0 Å². The van der Waals surface area contributed by atoms with Crippen LogP contribution in [-0.2, 0) is 15.1 Å². The summed E-state index contributed by atoms with van der Waals surface area (Å²) in [4.78, 5) is 11.4. The molecule has 82 valence electrons. The summed E-state index contributed by atoms with van der Waals surface area (Å²) in [5.41, 5.74) is 5.00. The van der Waals surface area contributed by atoms with Gasteiger partial charge < -0.3 is 10.5 Å². The van der Waals surface area contributed by atoms with Gasteiger partial charge in [-0.2, -0.15) is 0 Å². The quantitative estimate of drug-likeness (QED) is 0.817. The second kappa shape index (κ2) is 4.39. The summed E-state index contributed by atoms with van der Waals surface area (Å²) in [7, 11) is 1.27. The van der Waals surface area contributed by atoms with Crippen LogP contribution in [0.4, 0.5) is 0 Å². The van der Waals surface area contributed by atoms with Crippen LogP contribution in [0.3, 0.4) is 0 Å². The molecule has 0 saturated carbocycles. The number of hydrogen-bond donors (Lipinski definition) is 1. The highest BCUT2D eigenvalue weighted by atomic mass is 35.5. The summed E-state index contributed by atoms with van der Waals surface area (Å²) >= 11 is 11.7. The highest BCUT2D eigenvalue weighted by Gasteiger charge is 2.33. The minimum atomic E-state index is -1.29. The number of benzene rings is 1. The van der Waals surface area contributed by atoms with Crippen LogP contribution in [-0.4, -0.2) is 13.1 Å². The van der Waals surface area contributed by atoms with Gasteiger partial charge in [0.25, 0.3) is 0 Å². The molecule has 2 N–H and O–H groups in total. The molecule has 1 unspecified atom stereocenters. The third-order valence-corrected chi connectivity index (χ3v) is 2.66. The van der Waals surface area contributed by atoms with E-state index in [1.807, 2.05) is 0 Å². The fourth-order valence-corrected chi connectivity index (χ4v) is 1.70. The zero-order chi connectivity index (χ0) is 11.6. The first-order valence-electron chi connectivity index (χ1n) is 4.22. The largest absolute Gasteiger partial charge is 0.467 e. The van der Waals surface area contributed by atoms with E-state index < -0.39 is 11.5 Å². The molecule has 0 amide bonds. The van der Waals surface area contributed by atoms with Gasteiger partial charge in [0.1, 0.15) is 5.54 Å². The molecule has 3 nitrogen and oxygen atoms in total. The van der Waals surface area contributed by atoms with Crippen molar-refractivity contribution in [2.45, 2.75) is 12.5 Å².